The van der Waals surface area contributed by atoms with Gasteiger partial charge in [0.05, 0.1) is 5.92 Å². The van der Waals surface area contributed by atoms with E-state index in [2.05, 4.69) is 103 Å². The molecular weight excluding hydrogens is 615 g/mol. The molecule has 1 aliphatic heterocycles. The van der Waals surface area contributed by atoms with E-state index in [9.17, 15) is 0 Å². The van der Waals surface area contributed by atoms with Crippen LogP contribution in [0.5, 0.6) is 5.75 Å². The summed E-state index contributed by atoms with van der Waals surface area (Å²) in [5, 5.41) is 2.08. The van der Waals surface area contributed by atoms with E-state index < -0.39 is 0 Å². The third-order valence-electron chi connectivity index (χ3n) is 10.4. The van der Waals surface area contributed by atoms with Gasteiger partial charge < -0.3 is 9.15 Å². The summed E-state index contributed by atoms with van der Waals surface area (Å²) in [6.07, 6.45) is 23.8. The highest BCUT2D eigenvalue weighted by Gasteiger charge is 2.36. The van der Waals surface area contributed by atoms with Crippen LogP contribution >= 0.6 is 0 Å². The van der Waals surface area contributed by atoms with Crippen LogP contribution in [0, 0.1) is 0 Å². The van der Waals surface area contributed by atoms with Gasteiger partial charge in [-0.2, -0.15) is 0 Å². The normalized spacial score (nSPS) is 19.2. The van der Waals surface area contributed by atoms with Crippen molar-refractivity contribution in [3.05, 3.63) is 168 Å². The first kappa shape index (κ1) is 28.9. The largest absolute Gasteiger partial charge is 0.461 e. The van der Waals surface area contributed by atoms with E-state index in [-0.39, 0.29) is 5.92 Å². The summed E-state index contributed by atoms with van der Waals surface area (Å²) in [4.78, 5) is 15.6. The number of hydrogen-bond acceptors (Lipinski definition) is 5. The summed E-state index contributed by atoms with van der Waals surface area (Å²) >= 11 is 0. The number of hydrogen-bond donors (Lipinski definition) is 0. The molecule has 0 radical (unpaired) electrons. The van der Waals surface area contributed by atoms with Crippen molar-refractivity contribution in [2.24, 2.45) is 0 Å². The molecule has 6 aromatic rings. The van der Waals surface area contributed by atoms with Crippen LogP contribution in [0.1, 0.15) is 48.6 Å². The van der Waals surface area contributed by atoms with Crippen molar-refractivity contribution in [1.29, 1.82) is 0 Å². The van der Waals surface area contributed by atoms with E-state index in [0.717, 1.165) is 81.4 Å². The molecule has 3 heterocycles. The Kier molecular flexibility index (Phi) is 6.83. The first-order chi connectivity index (χ1) is 24.8. The first-order valence-electron chi connectivity index (χ1n) is 17.5. The molecule has 2 unspecified atom stereocenters. The fourth-order valence-corrected chi connectivity index (χ4v) is 7.88. The van der Waals surface area contributed by atoms with Crippen LogP contribution in [0.25, 0.3) is 56.1 Å². The van der Waals surface area contributed by atoms with Gasteiger partial charge in [-0.1, -0.05) is 109 Å². The summed E-state index contributed by atoms with van der Waals surface area (Å²) in [5.41, 5.74) is 9.67. The average molecular weight is 648 g/mol. The maximum absolute atomic E-state index is 6.49. The third-order valence-corrected chi connectivity index (χ3v) is 10.4. The van der Waals surface area contributed by atoms with Crippen LogP contribution in [-0.4, -0.2) is 15.0 Å². The van der Waals surface area contributed by atoms with Gasteiger partial charge in [-0.3, -0.25) is 0 Å². The highest BCUT2D eigenvalue weighted by Crippen LogP contribution is 2.51. The second-order valence-corrected chi connectivity index (χ2v) is 13.4. The number of furan rings is 1. The number of ether oxygens (including phenoxy) is 1. The zero-order chi connectivity index (χ0) is 33.0. The Balaban J connectivity index is 1.14. The number of fused-ring (bicyclic) bond motifs is 6. The van der Waals surface area contributed by atoms with Gasteiger partial charge in [-0.05, 0) is 72.7 Å². The minimum atomic E-state index is 0.0942. The van der Waals surface area contributed by atoms with Crippen LogP contribution in [0.15, 0.2) is 161 Å². The number of benzene rings is 4. The lowest BCUT2D eigenvalue weighted by molar-refractivity contribution is 0.423. The fourth-order valence-electron chi connectivity index (χ4n) is 7.88. The molecule has 0 spiro atoms. The van der Waals surface area contributed by atoms with E-state index in [1.54, 1.807) is 0 Å². The zero-order valence-electron chi connectivity index (χ0n) is 27.4. The summed E-state index contributed by atoms with van der Waals surface area (Å²) in [5.74, 6) is 4.16. The maximum atomic E-state index is 6.49. The quantitative estimate of drug-likeness (QED) is 0.186. The molecule has 50 heavy (non-hydrogen) atoms. The van der Waals surface area contributed by atoms with Gasteiger partial charge in [0.1, 0.15) is 22.7 Å². The van der Waals surface area contributed by atoms with Crippen molar-refractivity contribution in [3.8, 4) is 39.9 Å². The van der Waals surface area contributed by atoms with Crippen molar-refractivity contribution < 1.29 is 9.15 Å². The molecule has 240 valence electrons. The van der Waals surface area contributed by atoms with Gasteiger partial charge in [0.2, 0.25) is 0 Å². The van der Waals surface area contributed by atoms with Crippen LogP contribution in [0.4, 0.5) is 0 Å². The minimum absolute atomic E-state index is 0.0942. The molecule has 0 saturated heterocycles. The van der Waals surface area contributed by atoms with Gasteiger partial charge in [0.25, 0.3) is 0 Å². The lowest BCUT2D eigenvalue weighted by atomic mass is 9.81. The van der Waals surface area contributed by atoms with Gasteiger partial charge in [-0.15, -0.1) is 0 Å². The number of rotatable bonds is 5. The molecule has 0 saturated carbocycles. The molecule has 0 N–H and O–H groups in total. The first-order valence-corrected chi connectivity index (χ1v) is 17.5. The Hall–Kier alpha value is -6.07. The molecule has 4 aromatic carbocycles. The van der Waals surface area contributed by atoms with Gasteiger partial charge in [-0.25, -0.2) is 15.0 Å². The number of aromatic nitrogens is 3. The highest BCUT2D eigenvalue weighted by molar-refractivity contribution is 6.12. The maximum Gasteiger partial charge on any atom is 0.164 e. The smallest absolute Gasteiger partial charge is 0.164 e. The Bertz CT molecular complexity index is 2530. The SMILES string of the molecule is C1=CCCC(C2=CC=C3Oc4cccc(-c5nc(-c6ccccc6)nc(-c6cccc7oc8ccc(C9C=CC=CC9)cc8c67)n5)c4C3C2)=C1. The molecule has 3 aliphatic carbocycles. The lowest BCUT2D eigenvalue weighted by Gasteiger charge is -2.22. The topological polar surface area (TPSA) is 61.0 Å². The van der Waals surface area contributed by atoms with Gasteiger partial charge in [0.15, 0.2) is 17.5 Å². The van der Waals surface area contributed by atoms with Crippen molar-refractivity contribution in [1.82, 2.24) is 15.0 Å². The molecular formula is C45H33N3O2. The Morgan fingerprint density at radius 3 is 2.38 bits per heavy atom. The predicted octanol–water partition coefficient (Wildman–Crippen LogP) is 11.3. The molecule has 5 nitrogen and oxygen atoms in total. The van der Waals surface area contributed by atoms with E-state index in [1.165, 1.54) is 16.7 Å². The molecule has 4 aliphatic rings. The van der Waals surface area contributed by atoms with Crippen LogP contribution in [-0.2, 0) is 0 Å². The Morgan fingerprint density at radius 1 is 0.660 bits per heavy atom. The van der Waals surface area contributed by atoms with Crippen LogP contribution in [0.2, 0.25) is 0 Å². The zero-order valence-corrected chi connectivity index (χ0v) is 27.4. The second-order valence-electron chi connectivity index (χ2n) is 13.4. The highest BCUT2D eigenvalue weighted by atomic mass is 16.5. The lowest BCUT2D eigenvalue weighted by Crippen LogP contribution is -2.08. The molecule has 10 rings (SSSR count). The summed E-state index contributed by atoms with van der Waals surface area (Å²) in [7, 11) is 0. The molecule has 5 heteroatoms. The molecule has 0 amide bonds. The predicted molar refractivity (Wildman–Crippen MR) is 200 cm³/mol. The van der Waals surface area contributed by atoms with Crippen molar-refractivity contribution >= 4 is 21.9 Å². The van der Waals surface area contributed by atoms with Crippen molar-refractivity contribution in [2.45, 2.75) is 37.5 Å². The average Bonchev–Trinajstić information content (AvgIpc) is 3.76. The Morgan fingerprint density at radius 2 is 1.52 bits per heavy atom. The monoisotopic (exact) mass is 647 g/mol. The van der Waals surface area contributed by atoms with Crippen molar-refractivity contribution in [2.75, 3.05) is 0 Å². The van der Waals surface area contributed by atoms with E-state index in [0.29, 0.717) is 23.4 Å². The summed E-state index contributed by atoms with van der Waals surface area (Å²) in [6.45, 7) is 0. The molecule has 2 atom stereocenters. The van der Waals surface area contributed by atoms with Crippen LogP contribution < -0.4 is 4.74 Å². The number of allylic oxidation sites excluding steroid dienone is 12. The fraction of sp³-hybridized carbons (Fsp3) is 0.133. The number of nitrogens with zero attached hydrogens (tertiary/aromatic N) is 3. The minimum Gasteiger partial charge on any atom is -0.461 e. The standard InChI is InChI=1S/C45H33N3O2/c1-4-12-28(13-5-1)31-22-24-37-35(26-31)41-33(18-10-20-39(41)49-37)44-46-43(30-16-8-3-9-17-30)47-45(48-44)34-19-11-21-40-42(34)36-27-32(23-25-38(36)50-40)29-14-6-2-7-15-29/h1-6,8-12,14,16-26,28,36H,7,13,15,27H2. The summed E-state index contributed by atoms with van der Waals surface area (Å²) in [6, 6.07) is 29.1. The van der Waals surface area contributed by atoms with Gasteiger partial charge >= 0.3 is 0 Å². The van der Waals surface area contributed by atoms with E-state index >= 15 is 0 Å². The van der Waals surface area contributed by atoms with E-state index in [4.69, 9.17) is 24.1 Å². The van der Waals surface area contributed by atoms with Crippen LogP contribution in [0.3, 0.4) is 0 Å². The van der Waals surface area contributed by atoms with E-state index in [1.807, 2.05) is 36.4 Å². The molecule has 0 bridgehead atoms. The van der Waals surface area contributed by atoms with Crippen molar-refractivity contribution in [3.63, 3.8) is 0 Å². The van der Waals surface area contributed by atoms with Gasteiger partial charge in [0, 0.05) is 38.9 Å². The Labute approximate surface area is 290 Å². The molecule has 0 fully saturated rings. The third kappa shape index (κ3) is 4.88. The molecule has 2 aromatic heterocycles. The summed E-state index contributed by atoms with van der Waals surface area (Å²) < 4.78 is 12.9. The second kappa shape index (κ2) is 11.8.